The molecule has 4 aromatic rings. The van der Waals surface area contributed by atoms with Crippen LogP contribution in [0.4, 0.5) is 5.69 Å². The fraction of sp³-hybridized carbons (Fsp3) is 0.273. The van der Waals surface area contributed by atoms with Gasteiger partial charge in [0.05, 0.1) is 5.69 Å². The van der Waals surface area contributed by atoms with Crippen LogP contribution in [-0.4, -0.2) is 20.3 Å². The Morgan fingerprint density at radius 2 is 1.89 bits per heavy atom. The lowest BCUT2D eigenvalue weighted by Crippen LogP contribution is -2.12. The number of benzene rings is 2. The molecule has 0 aliphatic carbocycles. The summed E-state index contributed by atoms with van der Waals surface area (Å²) in [5, 5.41) is 9.77. The third-order valence-electron chi connectivity index (χ3n) is 5.11. The van der Waals surface area contributed by atoms with Crippen LogP contribution in [0.15, 0.2) is 48.7 Å². The number of carbonyl (C=O) groups excluding carboxylic acids is 1. The van der Waals surface area contributed by atoms with E-state index in [1.807, 2.05) is 26.2 Å². The first-order chi connectivity index (χ1) is 13.1. The number of aryl methyl sites for hydroxylation is 4. The molecule has 1 amide bonds. The lowest BCUT2D eigenvalue weighted by molar-refractivity contribution is -0.116. The van der Waals surface area contributed by atoms with Gasteiger partial charge in [0.15, 0.2) is 0 Å². The molecule has 5 nitrogen and oxygen atoms in total. The van der Waals surface area contributed by atoms with E-state index >= 15 is 0 Å². The number of aromatic nitrogens is 3. The van der Waals surface area contributed by atoms with Crippen LogP contribution < -0.4 is 5.32 Å². The number of hydrogen-bond donors (Lipinski definition) is 1. The van der Waals surface area contributed by atoms with Gasteiger partial charge in [0.25, 0.3) is 0 Å². The van der Waals surface area contributed by atoms with E-state index < -0.39 is 0 Å². The van der Waals surface area contributed by atoms with Gasteiger partial charge in [0, 0.05) is 53.7 Å². The Balaban J connectivity index is 1.56. The van der Waals surface area contributed by atoms with Gasteiger partial charge in [-0.25, -0.2) is 0 Å². The van der Waals surface area contributed by atoms with Crippen LogP contribution >= 0.6 is 0 Å². The first-order valence-corrected chi connectivity index (χ1v) is 9.36. The van der Waals surface area contributed by atoms with E-state index in [0.29, 0.717) is 12.8 Å². The van der Waals surface area contributed by atoms with Crippen LogP contribution in [0.1, 0.15) is 24.6 Å². The van der Waals surface area contributed by atoms with E-state index in [-0.39, 0.29) is 5.91 Å². The average molecular weight is 360 g/mol. The highest BCUT2D eigenvalue weighted by Gasteiger charge is 2.11. The van der Waals surface area contributed by atoms with Crippen molar-refractivity contribution in [2.45, 2.75) is 33.2 Å². The van der Waals surface area contributed by atoms with Gasteiger partial charge in [-0.1, -0.05) is 18.2 Å². The van der Waals surface area contributed by atoms with Crippen molar-refractivity contribution in [3.63, 3.8) is 0 Å². The molecule has 0 fully saturated rings. The van der Waals surface area contributed by atoms with Crippen molar-refractivity contribution >= 4 is 33.4 Å². The summed E-state index contributed by atoms with van der Waals surface area (Å²) in [7, 11) is 1.90. The minimum atomic E-state index is 0.0248. The molecule has 2 aromatic carbocycles. The summed E-state index contributed by atoms with van der Waals surface area (Å²) < 4.78 is 4.10. The molecule has 0 spiro atoms. The van der Waals surface area contributed by atoms with E-state index in [0.717, 1.165) is 23.5 Å². The van der Waals surface area contributed by atoms with E-state index in [9.17, 15) is 4.79 Å². The molecule has 0 aliphatic heterocycles. The molecule has 0 unspecified atom stereocenters. The zero-order valence-corrected chi connectivity index (χ0v) is 16.0. The van der Waals surface area contributed by atoms with Crippen molar-refractivity contribution < 1.29 is 4.79 Å². The predicted octanol–water partition coefficient (Wildman–Crippen LogP) is 4.43. The van der Waals surface area contributed by atoms with Crippen molar-refractivity contribution in [3.8, 4) is 0 Å². The summed E-state index contributed by atoms with van der Waals surface area (Å²) in [4.78, 5) is 12.4. The molecule has 0 aliphatic rings. The lowest BCUT2D eigenvalue weighted by Gasteiger charge is -2.07. The molecule has 2 heterocycles. The molecule has 0 atom stereocenters. The Morgan fingerprint density at radius 1 is 1.11 bits per heavy atom. The van der Waals surface area contributed by atoms with Crippen LogP contribution in [0, 0.1) is 6.92 Å². The lowest BCUT2D eigenvalue weighted by atomic mass is 10.1. The van der Waals surface area contributed by atoms with E-state index in [4.69, 9.17) is 0 Å². The largest absolute Gasteiger partial charge is 0.341 e. The fourth-order valence-electron chi connectivity index (χ4n) is 3.84. The van der Waals surface area contributed by atoms with Crippen molar-refractivity contribution in [2.75, 3.05) is 5.32 Å². The topological polar surface area (TPSA) is 51.9 Å². The zero-order chi connectivity index (χ0) is 19.0. The minimum Gasteiger partial charge on any atom is -0.341 e. The Bertz CT molecular complexity index is 1140. The number of rotatable bonds is 5. The molecule has 4 rings (SSSR count). The fourth-order valence-corrected chi connectivity index (χ4v) is 3.84. The van der Waals surface area contributed by atoms with E-state index in [2.05, 4.69) is 58.3 Å². The van der Waals surface area contributed by atoms with Crippen molar-refractivity contribution in [2.24, 2.45) is 7.05 Å². The number of anilines is 1. The maximum atomic E-state index is 12.4. The molecule has 0 saturated carbocycles. The average Bonchev–Trinajstić information content (AvgIpc) is 3.15. The number of para-hydroxylation sites is 1. The Kier molecular flexibility index (Phi) is 4.44. The molecule has 138 valence electrons. The van der Waals surface area contributed by atoms with Gasteiger partial charge in [-0.15, -0.1) is 0 Å². The quantitative estimate of drug-likeness (QED) is 0.572. The first kappa shape index (κ1) is 17.3. The molecular formula is C22H24N4O. The van der Waals surface area contributed by atoms with Crippen LogP contribution in [0.5, 0.6) is 0 Å². The summed E-state index contributed by atoms with van der Waals surface area (Å²) >= 11 is 0. The Hall–Kier alpha value is -3.08. The third-order valence-corrected chi connectivity index (χ3v) is 5.11. The number of nitrogens with zero attached hydrogens (tertiary/aromatic N) is 3. The minimum absolute atomic E-state index is 0.0248. The highest BCUT2D eigenvalue weighted by Crippen LogP contribution is 2.31. The van der Waals surface area contributed by atoms with Gasteiger partial charge < -0.3 is 9.88 Å². The second kappa shape index (κ2) is 6.91. The molecule has 1 N–H and O–H groups in total. The second-order valence-electron chi connectivity index (χ2n) is 6.95. The standard InChI is InChI=1S/C22H24N4O/c1-4-26-20-8-6-5-7-18(20)19-13-17(10-11-21(19)26)23-22(27)12-9-16-14-25(3)24-15(16)2/h5-8,10-11,13-14H,4,9,12H2,1-3H3,(H,23,27). The van der Waals surface area contributed by atoms with E-state index in [1.54, 1.807) is 4.68 Å². The predicted molar refractivity (Wildman–Crippen MR) is 110 cm³/mol. The molecule has 0 saturated heterocycles. The third kappa shape index (κ3) is 3.21. The molecule has 2 aromatic heterocycles. The Morgan fingerprint density at radius 3 is 2.63 bits per heavy atom. The highest BCUT2D eigenvalue weighted by atomic mass is 16.1. The Labute approximate surface area is 158 Å². The maximum Gasteiger partial charge on any atom is 0.224 e. The molecule has 5 heteroatoms. The summed E-state index contributed by atoms with van der Waals surface area (Å²) in [5.41, 5.74) is 5.37. The molecule has 27 heavy (non-hydrogen) atoms. The first-order valence-electron chi connectivity index (χ1n) is 9.36. The number of fused-ring (bicyclic) bond motifs is 3. The number of carbonyl (C=O) groups is 1. The zero-order valence-electron chi connectivity index (χ0n) is 16.0. The highest BCUT2D eigenvalue weighted by molar-refractivity contribution is 6.09. The number of hydrogen-bond acceptors (Lipinski definition) is 2. The van der Waals surface area contributed by atoms with Gasteiger partial charge in [-0.2, -0.15) is 5.10 Å². The molecule has 0 radical (unpaired) electrons. The van der Waals surface area contributed by atoms with Crippen molar-refractivity contribution in [3.05, 3.63) is 59.9 Å². The second-order valence-corrected chi connectivity index (χ2v) is 6.95. The molecule has 0 bridgehead atoms. The monoisotopic (exact) mass is 360 g/mol. The summed E-state index contributed by atoms with van der Waals surface area (Å²) in [5.74, 6) is 0.0248. The van der Waals surface area contributed by atoms with Gasteiger partial charge in [0.2, 0.25) is 5.91 Å². The number of nitrogens with one attached hydrogen (secondary N) is 1. The summed E-state index contributed by atoms with van der Waals surface area (Å²) in [6.45, 7) is 5.05. The van der Waals surface area contributed by atoms with Crippen LogP contribution in [0.2, 0.25) is 0 Å². The van der Waals surface area contributed by atoms with Crippen LogP contribution in [0.3, 0.4) is 0 Å². The summed E-state index contributed by atoms with van der Waals surface area (Å²) in [6.07, 6.45) is 3.12. The van der Waals surface area contributed by atoms with Crippen LogP contribution in [-0.2, 0) is 24.8 Å². The smallest absolute Gasteiger partial charge is 0.224 e. The SMILES string of the molecule is CCn1c2ccccc2c2cc(NC(=O)CCc3cn(C)nc3C)ccc21. The van der Waals surface area contributed by atoms with Gasteiger partial charge in [0.1, 0.15) is 0 Å². The summed E-state index contributed by atoms with van der Waals surface area (Å²) in [6, 6.07) is 14.6. The van der Waals surface area contributed by atoms with Gasteiger partial charge in [-0.05, 0) is 50.1 Å². The normalized spacial score (nSPS) is 11.4. The van der Waals surface area contributed by atoms with Gasteiger partial charge >= 0.3 is 0 Å². The number of amides is 1. The van der Waals surface area contributed by atoms with Crippen molar-refractivity contribution in [1.29, 1.82) is 0 Å². The maximum absolute atomic E-state index is 12.4. The van der Waals surface area contributed by atoms with Crippen molar-refractivity contribution in [1.82, 2.24) is 14.3 Å². The van der Waals surface area contributed by atoms with E-state index in [1.165, 1.54) is 21.8 Å². The van der Waals surface area contributed by atoms with Gasteiger partial charge in [-0.3, -0.25) is 9.48 Å². The van der Waals surface area contributed by atoms with Crippen LogP contribution in [0.25, 0.3) is 21.8 Å². The molecular weight excluding hydrogens is 336 g/mol.